The van der Waals surface area contributed by atoms with Gasteiger partial charge in [0, 0.05) is 0 Å². The van der Waals surface area contributed by atoms with E-state index in [0.29, 0.717) is 0 Å². The molecular formula is C11H18O2. The Labute approximate surface area is 79.6 Å². The zero-order valence-corrected chi connectivity index (χ0v) is 8.42. The fourth-order valence-electron chi connectivity index (χ4n) is 2.60. The normalized spacial score (nSPS) is 35.7. The van der Waals surface area contributed by atoms with Crippen LogP contribution in [0.25, 0.3) is 0 Å². The highest BCUT2D eigenvalue weighted by molar-refractivity contribution is 5.76. The first kappa shape index (κ1) is 10.3. The molecule has 2 nitrogen and oxygen atoms in total. The molecule has 0 aromatic rings. The third kappa shape index (κ3) is 1.38. The van der Waals surface area contributed by atoms with Gasteiger partial charge >= 0.3 is 5.97 Å². The highest BCUT2D eigenvalue weighted by Gasteiger charge is 2.49. The van der Waals surface area contributed by atoms with Crippen molar-refractivity contribution in [2.45, 2.75) is 33.1 Å². The fraction of sp³-hybridized carbons (Fsp3) is 0.727. The molecule has 13 heavy (non-hydrogen) atoms. The Morgan fingerprint density at radius 2 is 2.38 bits per heavy atom. The van der Waals surface area contributed by atoms with Gasteiger partial charge in [0.05, 0.1) is 5.41 Å². The molecule has 3 atom stereocenters. The maximum Gasteiger partial charge on any atom is 0.310 e. The summed E-state index contributed by atoms with van der Waals surface area (Å²) in [5.41, 5.74) is -0.540. The van der Waals surface area contributed by atoms with Crippen LogP contribution in [0.3, 0.4) is 0 Å². The van der Waals surface area contributed by atoms with Crippen LogP contribution in [-0.4, -0.2) is 11.1 Å². The molecule has 1 unspecified atom stereocenters. The monoisotopic (exact) mass is 182 g/mol. The zero-order valence-electron chi connectivity index (χ0n) is 8.42. The lowest BCUT2D eigenvalue weighted by Crippen LogP contribution is -2.38. The van der Waals surface area contributed by atoms with Crippen molar-refractivity contribution in [1.82, 2.24) is 0 Å². The SMILES string of the molecule is C=CC(C)[C@@]1(C(=O)O)CCC[C@@H]1C. The third-order valence-corrected chi connectivity index (χ3v) is 3.67. The maximum absolute atomic E-state index is 11.3. The van der Waals surface area contributed by atoms with Crippen molar-refractivity contribution in [3.05, 3.63) is 12.7 Å². The second-order valence-electron chi connectivity index (χ2n) is 4.16. The minimum atomic E-state index is -0.648. The molecule has 1 N–H and O–H groups in total. The van der Waals surface area contributed by atoms with Gasteiger partial charge in [-0.1, -0.05) is 26.3 Å². The lowest BCUT2D eigenvalue weighted by molar-refractivity contribution is -0.153. The van der Waals surface area contributed by atoms with E-state index < -0.39 is 11.4 Å². The van der Waals surface area contributed by atoms with E-state index in [1.807, 2.05) is 13.8 Å². The molecule has 0 radical (unpaired) electrons. The van der Waals surface area contributed by atoms with E-state index >= 15 is 0 Å². The Kier molecular flexibility index (Phi) is 2.79. The topological polar surface area (TPSA) is 37.3 Å². The molecule has 1 aliphatic carbocycles. The minimum absolute atomic E-state index is 0.0718. The van der Waals surface area contributed by atoms with Crippen LogP contribution < -0.4 is 0 Å². The highest BCUT2D eigenvalue weighted by atomic mass is 16.4. The number of allylic oxidation sites excluding steroid dienone is 1. The number of rotatable bonds is 3. The lowest BCUT2D eigenvalue weighted by atomic mass is 9.69. The van der Waals surface area contributed by atoms with Crippen molar-refractivity contribution in [3.63, 3.8) is 0 Å². The van der Waals surface area contributed by atoms with E-state index in [-0.39, 0.29) is 11.8 Å². The predicted molar refractivity (Wildman–Crippen MR) is 52.4 cm³/mol. The maximum atomic E-state index is 11.3. The lowest BCUT2D eigenvalue weighted by Gasteiger charge is -2.33. The van der Waals surface area contributed by atoms with Crippen LogP contribution in [0.2, 0.25) is 0 Å². The van der Waals surface area contributed by atoms with Gasteiger partial charge in [0.25, 0.3) is 0 Å². The molecule has 1 fully saturated rings. The summed E-state index contributed by atoms with van der Waals surface area (Å²) in [6.45, 7) is 7.71. The van der Waals surface area contributed by atoms with Gasteiger partial charge in [-0.3, -0.25) is 4.79 Å². The molecular weight excluding hydrogens is 164 g/mol. The molecule has 1 rings (SSSR count). The van der Waals surface area contributed by atoms with Gasteiger partial charge < -0.3 is 5.11 Å². The van der Waals surface area contributed by atoms with Crippen molar-refractivity contribution in [2.24, 2.45) is 17.3 Å². The largest absolute Gasteiger partial charge is 0.481 e. The van der Waals surface area contributed by atoms with Crippen molar-refractivity contribution < 1.29 is 9.90 Å². The molecule has 0 saturated heterocycles. The van der Waals surface area contributed by atoms with Crippen LogP contribution in [0.15, 0.2) is 12.7 Å². The Hall–Kier alpha value is -0.790. The zero-order chi connectivity index (χ0) is 10.1. The second kappa shape index (κ2) is 3.52. The van der Waals surface area contributed by atoms with E-state index in [9.17, 15) is 9.90 Å². The number of aliphatic carboxylic acids is 1. The average Bonchev–Trinajstić information content (AvgIpc) is 2.47. The second-order valence-corrected chi connectivity index (χ2v) is 4.16. The Balaban J connectivity index is 2.99. The van der Waals surface area contributed by atoms with Crippen LogP contribution in [0.4, 0.5) is 0 Å². The smallest absolute Gasteiger partial charge is 0.310 e. The van der Waals surface area contributed by atoms with Crippen LogP contribution >= 0.6 is 0 Å². The molecule has 2 heteroatoms. The average molecular weight is 182 g/mol. The van der Waals surface area contributed by atoms with Gasteiger partial charge in [-0.2, -0.15) is 0 Å². The van der Waals surface area contributed by atoms with Gasteiger partial charge in [0.1, 0.15) is 0 Å². The quantitative estimate of drug-likeness (QED) is 0.681. The first-order chi connectivity index (χ1) is 6.05. The molecule has 0 aliphatic heterocycles. The summed E-state index contributed by atoms with van der Waals surface area (Å²) < 4.78 is 0. The molecule has 0 aromatic carbocycles. The van der Waals surface area contributed by atoms with E-state index in [4.69, 9.17) is 0 Å². The van der Waals surface area contributed by atoms with E-state index in [1.165, 1.54) is 0 Å². The number of carboxylic acids is 1. The first-order valence-corrected chi connectivity index (χ1v) is 4.91. The summed E-state index contributed by atoms with van der Waals surface area (Å²) in [6, 6.07) is 0. The molecule has 1 saturated carbocycles. The Morgan fingerprint density at radius 1 is 1.77 bits per heavy atom. The van der Waals surface area contributed by atoms with E-state index in [1.54, 1.807) is 6.08 Å². The van der Waals surface area contributed by atoms with Gasteiger partial charge in [-0.25, -0.2) is 0 Å². The molecule has 0 amide bonds. The van der Waals surface area contributed by atoms with Crippen molar-refractivity contribution in [3.8, 4) is 0 Å². The molecule has 0 aromatic heterocycles. The van der Waals surface area contributed by atoms with Gasteiger partial charge in [0.2, 0.25) is 0 Å². The molecule has 1 aliphatic rings. The van der Waals surface area contributed by atoms with E-state index in [0.717, 1.165) is 19.3 Å². The summed E-state index contributed by atoms with van der Waals surface area (Å²) >= 11 is 0. The number of hydrogen-bond donors (Lipinski definition) is 1. The first-order valence-electron chi connectivity index (χ1n) is 4.91. The fourth-order valence-corrected chi connectivity index (χ4v) is 2.60. The van der Waals surface area contributed by atoms with Gasteiger partial charge in [-0.05, 0) is 24.7 Å². The molecule has 74 valence electrons. The molecule has 0 bridgehead atoms. The van der Waals surface area contributed by atoms with Gasteiger partial charge in [-0.15, -0.1) is 6.58 Å². The Bertz CT molecular complexity index is 222. The standard InChI is InChI=1S/C11H18O2/c1-4-8(2)11(10(12)13)7-5-6-9(11)3/h4,8-9H,1,5-7H2,2-3H3,(H,12,13)/t8?,9-,11-/m0/s1. The van der Waals surface area contributed by atoms with Crippen LogP contribution in [0, 0.1) is 17.3 Å². The van der Waals surface area contributed by atoms with Crippen molar-refractivity contribution in [2.75, 3.05) is 0 Å². The minimum Gasteiger partial charge on any atom is -0.481 e. The van der Waals surface area contributed by atoms with Crippen molar-refractivity contribution in [1.29, 1.82) is 0 Å². The summed E-state index contributed by atoms with van der Waals surface area (Å²) in [7, 11) is 0. The number of hydrogen-bond acceptors (Lipinski definition) is 1. The van der Waals surface area contributed by atoms with E-state index in [2.05, 4.69) is 6.58 Å². The van der Waals surface area contributed by atoms with Crippen molar-refractivity contribution >= 4 is 5.97 Å². The highest BCUT2D eigenvalue weighted by Crippen LogP contribution is 2.49. The molecule has 0 spiro atoms. The molecule has 0 heterocycles. The van der Waals surface area contributed by atoms with Crippen LogP contribution in [-0.2, 0) is 4.79 Å². The number of carbonyl (C=O) groups is 1. The van der Waals surface area contributed by atoms with Crippen LogP contribution in [0.5, 0.6) is 0 Å². The number of carboxylic acid groups (broad SMARTS) is 1. The summed E-state index contributed by atoms with van der Waals surface area (Å²) in [6.07, 6.45) is 4.64. The summed E-state index contributed by atoms with van der Waals surface area (Å²) in [5.74, 6) is -0.301. The summed E-state index contributed by atoms with van der Waals surface area (Å²) in [4.78, 5) is 11.3. The van der Waals surface area contributed by atoms with Crippen LogP contribution in [0.1, 0.15) is 33.1 Å². The third-order valence-electron chi connectivity index (χ3n) is 3.67. The predicted octanol–water partition coefficient (Wildman–Crippen LogP) is 2.70. The van der Waals surface area contributed by atoms with Gasteiger partial charge in [0.15, 0.2) is 0 Å². The Morgan fingerprint density at radius 3 is 2.69 bits per heavy atom. The summed E-state index contributed by atoms with van der Waals surface area (Å²) in [5, 5.41) is 9.29.